The quantitative estimate of drug-likeness (QED) is 0.203. The van der Waals surface area contributed by atoms with Crippen molar-refractivity contribution in [2.45, 2.75) is 0 Å². The zero-order chi connectivity index (χ0) is 21.5. The maximum absolute atomic E-state index is 8.60. The Morgan fingerprint density at radius 3 is 0.333 bits per heavy atom. The minimum absolute atomic E-state index is 0. The molecular weight excluding hydrogens is 1140 g/mol. The van der Waals surface area contributed by atoms with E-state index in [2.05, 4.69) is 0 Å². The van der Waals surface area contributed by atoms with Gasteiger partial charge in [0.25, 0.3) is 0 Å². The second kappa shape index (κ2) is 52.2. The van der Waals surface area contributed by atoms with Crippen molar-refractivity contribution >= 4 is 50.4 Å². The van der Waals surface area contributed by atoms with Gasteiger partial charge in [-0.3, -0.25) is 0 Å². The minimum Gasteiger partial charge on any atom is 2.00 e. The van der Waals surface area contributed by atoms with Crippen molar-refractivity contribution in [1.29, 1.82) is 0 Å². The Morgan fingerprint density at radius 2 is 0.333 bits per heavy atom. The Hall–Kier alpha value is 4.11. The largest absolute Gasteiger partial charge is 2.00 e. The van der Waals surface area contributed by atoms with Gasteiger partial charge in [0.2, 0.25) is 0 Å². The van der Waals surface area contributed by atoms with E-state index < -0.39 is 113 Å². The Balaban J connectivity index is -0.0000000201. The summed E-state index contributed by atoms with van der Waals surface area (Å²) < 4.78 is 155. The first kappa shape index (κ1) is 57.7. The summed E-state index contributed by atoms with van der Waals surface area (Å²) in [4.78, 5) is 0. The van der Waals surface area contributed by atoms with Gasteiger partial charge in [-0.25, -0.2) is 0 Å². The molecule has 0 saturated carbocycles. The van der Waals surface area contributed by atoms with Crippen molar-refractivity contribution in [2.24, 2.45) is 0 Å². The molecule has 0 heterocycles. The molecule has 0 N–H and O–H groups in total. The molecule has 0 atom stereocenters. The molecule has 0 aliphatic rings. The molecule has 0 aromatic rings. The third-order valence-electron chi connectivity index (χ3n) is 0. The summed E-state index contributed by atoms with van der Waals surface area (Å²) in [5, 5.41) is 0. The smallest absolute Gasteiger partial charge is 2.00 e. The fourth-order valence-electron chi connectivity index (χ4n) is 0. The second-order valence-corrected chi connectivity index (χ2v) is 7.94. The molecule has 0 bridgehead atoms. The van der Waals surface area contributed by atoms with Crippen LogP contribution in [0, 0.1) is 0 Å². The third kappa shape index (κ3) is 1410. The van der Waals surface area contributed by atoms with Gasteiger partial charge in [0.15, 0.2) is 0 Å². The van der Waals surface area contributed by atoms with E-state index in [1.165, 1.54) is 0 Å². The van der Waals surface area contributed by atoms with Gasteiger partial charge in [0, 0.05) is 0 Å². The van der Waals surface area contributed by atoms with Gasteiger partial charge >= 0.3 is 243 Å². The first-order valence-corrected chi connectivity index (χ1v) is 19.4. The van der Waals surface area contributed by atoms with Gasteiger partial charge < -0.3 is 0 Å². The summed E-state index contributed by atoms with van der Waals surface area (Å²) in [5.74, 6) is 0. The van der Waals surface area contributed by atoms with Crippen molar-refractivity contribution in [2.75, 3.05) is 0 Å². The zero-order valence-corrected chi connectivity index (χ0v) is 33.4. The second-order valence-electron chi connectivity index (χ2n) is 1.34. The molecule has 27 heavy (non-hydrogen) atoms. The Labute approximate surface area is 238 Å². The molecular formula is MgNb6O18PbZn. The van der Waals surface area contributed by atoms with Crippen molar-refractivity contribution in [3.63, 3.8) is 0 Å². The standard InChI is InChI=1S/Mg.6Nb.18O.Pb.Zn/q+2;;;;;;;;;;;;;;;;;;;6*-1;2*+2. The van der Waals surface area contributed by atoms with Crippen LogP contribution in [-0.4, -0.2) is 50.4 Å². The molecule has 18 nitrogen and oxygen atoms in total. The number of rotatable bonds is 0. The Kier molecular flexibility index (Phi) is 112. The van der Waals surface area contributed by atoms with Crippen molar-refractivity contribution in [3.05, 3.63) is 0 Å². The minimum atomic E-state index is -4.20. The summed E-state index contributed by atoms with van der Waals surface area (Å²) in [6.07, 6.45) is 0. The Bertz CT molecular complexity index is 484. The molecule has 27 heteroatoms. The molecule has 0 fully saturated rings. The van der Waals surface area contributed by atoms with Crippen LogP contribution < -0.4 is 21.7 Å². The number of hydrogen-bond acceptors (Lipinski definition) is 18. The van der Waals surface area contributed by atoms with Gasteiger partial charge in [-0.05, 0) is 0 Å². The predicted molar refractivity (Wildman–Crippen MR) is 19.7 cm³/mol. The van der Waals surface area contributed by atoms with E-state index in [-0.39, 0.29) is 69.8 Å². The van der Waals surface area contributed by atoms with Crippen LogP contribution in [0.2, 0.25) is 0 Å². The zero-order valence-electron chi connectivity index (χ0n) is 11.9. The summed E-state index contributed by atoms with van der Waals surface area (Å²) >= 11 is -25.2. The maximum atomic E-state index is 8.60. The predicted octanol–water partition coefficient (Wildman–Crippen LogP) is -9.34. The molecule has 0 spiro atoms. The van der Waals surface area contributed by atoms with Crippen LogP contribution in [0.4, 0.5) is 0 Å². The summed E-state index contributed by atoms with van der Waals surface area (Å²) in [7, 11) is 0. The van der Waals surface area contributed by atoms with Crippen LogP contribution in [0.1, 0.15) is 0 Å². The van der Waals surface area contributed by atoms with E-state index in [1.807, 2.05) is 0 Å². The molecule has 0 unspecified atom stereocenters. The Morgan fingerprint density at radius 1 is 0.333 bits per heavy atom. The van der Waals surface area contributed by atoms with Crippen LogP contribution in [0.25, 0.3) is 0 Å². The molecule has 2 radical (unpaired) electrons. The molecule has 0 aliphatic heterocycles. The van der Waals surface area contributed by atoms with Gasteiger partial charge in [-0.15, -0.1) is 0 Å². The van der Waals surface area contributed by atoms with Crippen molar-refractivity contribution in [1.82, 2.24) is 0 Å². The van der Waals surface area contributed by atoms with E-state index in [1.54, 1.807) is 0 Å². The molecule has 0 saturated heterocycles. The van der Waals surface area contributed by atoms with E-state index >= 15 is 0 Å². The summed E-state index contributed by atoms with van der Waals surface area (Å²) in [5.41, 5.74) is 0. The average Bonchev–Trinajstić information content (AvgIpc) is 2.08. The van der Waals surface area contributed by atoms with Gasteiger partial charge in [0.05, 0.1) is 0 Å². The third-order valence-corrected chi connectivity index (χ3v) is 0. The van der Waals surface area contributed by atoms with Crippen LogP contribution >= 0.6 is 0 Å². The SMILES string of the molecule is [Mg+2].[O]=[Nb](=[O])[O-].[O]=[Nb](=[O])[O-].[O]=[Nb](=[O])[O-].[O]=[Nb](=[O])[O-].[O]=[Nb](=[O])[O-].[O]=[Nb](=[O])[O-].[Pb+2].[Zn+2]. The van der Waals surface area contributed by atoms with Crippen LogP contribution in [0.15, 0.2) is 0 Å². The first-order valence-electron chi connectivity index (χ1n) is 3.29. The molecule has 0 aromatic heterocycles. The van der Waals surface area contributed by atoms with E-state index in [0.29, 0.717) is 0 Å². The fourth-order valence-corrected chi connectivity index (χ4v) is 0. The van der Waals surface area contributed by atoms with Crippen LogP contribution in [-0.2, 0) is 171 Å². The maximum Gasteiger partial charge on any atom is 2.00 e. The molecule has 0 aromatic carbocycles. The van der Waals surface area contributed by atoms with Crippen molar-refractivity contribution in [3.8, 4) is 0 Å². The number of hydrogen-bond donors (Lipinski definition) is 0. The van der Waals surface area contributed by atoms with Gasteiger partial charge in [0.1, 0.15) is 0 Å². The molecule has 146 valence electrons. The van der Waals surface area contributed by atoms with Gasteiger partial charge in [-0.2, -0.15) is 0 Å². The summed E-state index contributed by atoms with van der Waals surface area (Å²) in [6.45, 7) is 0. The van der Waals surface area contributed by atoms with Crippen molar-refractivity contribution < 1.29 is 193 Å². The van der Waals surface area contributed by atoms with Gasteiger partial charge in [-0.1, -0.05) is 0 Å². The normalized spacial score (nSPS) is 5.56. The fraction of sp³-hybridized carbons (Fsp3) is 0. The first-order chi connectivity index (χ1) is 10.4. The van der Waals surface area contributed by atoms with E-state index in [0.717, 1.165) is 0 Å². The summed E-state index contributed by atoms with van der Waals surface area (Å²) in [6, 6.07) is 0. The monoisotopic (exact) mass is 1140 g/mol. The van der Waals surface area contributed by atoms with E-state index in [9.17, 15) is 0 Å². The topological polar surface area (TPSA) is 343 Å². The van der Waals surface area contributed by atoms with Crippen LogP contribution in [0.3, 0.4) is 0 Å². The molecule has 0 rings (SSSR count). The molecule has 0 aliphatic carbocycles. The van der Waals surface area contributed by atoms with Crippen LogP contribution in [0.5, 0.6) is 0 Å². The van der Waals surface area contributed by atoms with E-state index in [4.69, 9.17) is 60.7 Å². The average molecular weight is 1140 g/mol. The molecule has 0 amide bonds.